The third-order valence-corrected chi connectivity index (χ3v) is 4.58. The number of halogens is 4. The van der Waals surface area contributed by atoms with Crippen LogP contribution >= 0.6 is 11.6 Å². The van der Waals surface area contributed by atoms with Gasteiger partial charge in [0.2, 0.25) is 0 Å². The Morgan fingerprint density at radius 2 is 1.67 bits per heavy atom. The summed E-state index contributed by atoms with van der Waals surface area (Å²) in [5.41, 5.74) is 0.280. The smallest absolute Gasteiger partial charge is 0.361 e. The van der Waals surface area contributed by atoms with Gasteiger partial charge in [0.25, 0.3) is 0 Å². The quantitative estimate of drug-likeness (QED) is 0.500. The highest BCUT2D eigenvalue weighted by molar-refractivity contribution is 6.35. The Hall–Kier alpha value is -3.40. The fraction of sp³-hybridized carbons (Fsp3) is 0.158. The molecule has 4 aromatic rings. The number of nitrogens with one attached hydrogen (secondary N) is 1. The Bertz CT molecular complexity index is 1200. The predicted molar refractivity (Wildman–Crippen MR) is 105 cm³/mol. The van der Waals surface area contributed by atoms with Crippen LogP contribution in [0.4, 0.5) is 19.0 Å². The molecule has 1 atom stereocenters. The van der Waals surface area contributed by atoms with Crippen molar-refractivity contribution in [2.45, 2.75) is 19.1 Å². The van der Waals surface area contributed by atoms with E-state index in [1.165, 1.54) is 18.7 Å². The molecule has 1 unspecified atom stereocenters. The number of alkyl halides is 3. The summed E-state index contributed by atoms with van der Waals surface area (Å²) in [4.78, 5) is 25.2. The lowest BCUT2D eigenvalue weighted by molar-refractivity contribution is -0.137. The standard InChI is InChI=1S/C19H13ClF3N7/c1-10(14-16(25-6-5-24-14)18-26-3-2-4-27-18)30-17-12-7-11(19(21,22)23)8-13(20)15(12)28-9-29-17/h2-10H,1H3,(H,28,29,30). The first-order valence-corrected chi connectivity index (χ1v) is 9.08. The Balaban J connectivity index is 1.76. The van der Waals surface area contributed by atoms with Gasteiger partial charge in [0.05, 0.1) is 27.8 Å². The maximum Gasteiger partial charge on any atom is 0.416 e. The number of hydrogen-bond donors (Lipinski definition) is 1. The average Bonchev–Trinajstić information content (AvgIpc) is 2.74. The van der Waals surface area contributed by atoms with Crippen LogP contribution in [0.1, 0.15) is 24.2 Å². The fourth-order valence-corrected chi connectivity index (χ4v) is 3.20. The third-order valence-electron chi connectivity index (χ3n) is 4.29. The number of hydrogen-bond acceptors (Lipinski definition) is 7. The van der Waals surface area contributed by atoms with Gasteiger partial charge < -0.3 is 5.32 Å². The fourth-order valence-electron chi connectivity index (χ4n) is 2.94. The lowest BCUT2D eigenvalue weighted by atomic mass is 10.1. The van der Waals surface area contributed by atoms with E-state index in [0.29, 0.717) is 17.2 Å². The molecule has 30 heavy (non-hydrogen) atoms. The largest absolute Gasteiger partial charge is 0.416 e. The van der Waals surface area contributed by atoms with E-state index in [1.807, 2.05) is 0 Å². The average molecular weight is 432 g/mol. The summed E-state index contributed by atoms with van der Waals surface area (Å²) >= 11 is 6.04. The first-order chi connectivity index (χ1) is 14.3. The molecule has 1 N–H and O–H groups in total. The second-order valence-corrected chi connectivity index (χ2v) is 6.71. The summed E-state index contributed by atoms with van der Waals surface area (Å²) in [6.07, 6.45) is 2.86. The van der Waals surface area contributed by atoms with E-state index >= 15 is 0 Å². The number of benzene rings is 1. The highest BCUT2D eigenvalue weighted by atomic mass is 35.5. The van der Waals surface area contributed by atoms with Gasteiger partial charge in [-0.1, -0.05) is 11.6 Å². The second kappa shape index (κ2) is 7.79. The SMILES string of the molecule is CC(Nc1ncnc2c(Cl)cc(C(F)(F)F)cc12)c1nccnc1-c1ncccn1. The minimum atomic E-state index is -4.56. The van der Waals surface area contributed by atoms with Crippen molar-refractivity contribution in [2.24, 2.45) is 0 Å². The van der Waals surface area contributed by atoms with Gasteiger partial charge in [0.15, 0.2) is 5.82 Å². The molecule has 0 bridgehead atoms. The van der Waals surface area contributed by atoms with E-state index in [-0.39, 0.29) is 21.7 Å². The zero-order valence-corrected chi connectivity index (χ0v) is 16.1. The van der Waals surface area contributed by atoms with Crippen molar-refractivity contribution in [3.8, 4) is 11.5 Å². The van der Waals surface area contributed by atoms with Gasteiger partial charge in [-0.05, 0) is 25.1 Å². The molecule has 0 radical (unpaired) electrons. The minimum Gasteiger partial charge on any atom is -0.361 e. The molecule has 152 valence electrons. The molecule has 11 heteroatoms. The molecular weight excluding hydrogens is 419 g/mol. The van der Waals surface area contributed by atoms with E-state index < -0.39 is 17.8 Å². The van der Waals surface area contributed by atoms with Crippen molar-refractivity contribution in [2.75, 3.05) is 5.32 Å². The molecular formula is C19H13ClF3N7. The van der Waals surface area contributed by atoms with Gasteiger partial charge in [-0.2, -0.15) is 13.2 Å². The van der Waals surface area contributed by atoms with E-state index in [2.05, 4.69) is 35.2 Å². The monoisotopic (exact) mass is 431 g/mol. The van der Waals surface area contributed by atoms with Crippen molar-refractivity contribution < 1.29 is 13.2 Å². The molecule has 0 aliphatic rings. The molecule has 0 aliphatic carbocycles. The molecule has 3 heterocycles. The van der Waals surface area contributed by atoms with E-state index in [0.717, 1.165) is 12.1 Å². The maximum absolute atomic E-state index is 13.2. The van der Waals surface area contributed by atoms with E-state index in [1.54, 1.807) is 25.4 Å². The summed E-state index contributed by atoms with van der Waals surface area (Å²) in [6, 6.07) is 3.01. The van der Waals surface area contributed by atoms with Crippen LogP contribution in [0.2, 0.25) is 5.02 Å². The van der Waals surface area contributed by atoms with Crippen LogP contribution in [0, 0.1) is 0 Å². The summed E-state index contributed by atoms with van der Waals surface area (Å²) < 4.78 is 39.7. The lowest BCUT2D eigenvalue weighted by Gasteiger charge is -2.18. The summed E-state index contributed by atoms with van der Waals surface area (Å²) in [7, 11) is 0. The highest BCUT2D eigenvalue weighted by Gasteiger charge is 2.32. The highest BCUT2D eigenvalue weighted by Crippen LogP contribution is 2.37. The maximum atomic E-state index is 13.2. The molecule has 0 fully saturated rings. The Kier molecular flexibility index (Phi) is 5.17. The van der Waals surface area contributed by atoms with Crippen LogP contribution < -0.4 is 5.32 Å². The Labute approximate surface area is 173 Å². The van der Waals surface area contributed by atoms with Crippen LogP contribution in [0.3, 0.4) is 0 Å². The van der Waals surface area contributed by atoms with Crippen LogP contribution in [-0.2, 0) is 6.18 Å². The van der Waals surface area contributed by atoms with Crippen LogP contribution in [-0.4, -0.2) is 29.9 Å². The summed E-state index contributed by atoms with van der Waals surface area (Å²) in [6.45, 7) is 1.78. The first-order valence-electron chi connectivity index (χ1n) is 8.71. The molecule has 7 nitrogen and oxygen atoms in total. The number of nitrogens with zero attached hydrogens (tertiary/aromatic N) is 6. The molecule has 4 rings (SSSR count). The van der Waals surface area contributed by atoms with Crippen molar-refractivity contribution in [3.05, 3.63) is 65.6 Å². The molecule has 0 spiro atoms. The molecule has 0 saturated heterocycles. The molecule has 3 aromatic heterocycles. The zero-order chi connectivity index (χ0) is 21.3. The van der Waals surface area contributed by atoms with E-state index in [9.17, 15) is 13.2 Å². The summed E-state index contributed by atoms with van der Waals surface area (Å²) in [5, 5.41) is 3.11. The number of aromatic nitrogens is 6. The minimum absolute atomic E-state index is 0.115. The predicted octanol–water partition coefficient (Wildman–Crippen LogP) is 4.72. The molecule has 0 amide bonds. The summed E-state index contributed by atoms with van der Waals surface area (Å²) in [5.74, 6) is 0.565. The van der Waals surface area contributed by atoms with Gasteiger partial charge in [-0.15, -0.1) is 0 Å². The van der Waals surface area contributed by atoms with Crippen LogP contribution in [0.5, 0.6) is 0 Å². The topological polar surface area (TPSA) is 89.4 Å². The number of rotatable bonds is 4. The van der Waals surface area contributed by atoms with Gasteiger partial charge >= 0.3 is 6.18 Å². The van der Waals surface area contributed by atoms with Gasteiger partial charge in [-0.3, -0.25) is 4.98 Å². The molecule has 0 aliphatic heterocycles. The van der Waals surface area contributed by atoms with Gasteiger partial charge in [-0.25, -0.2) is 24.9 Å². The van der Waals surface area contributed by atoms with Crippen molar-refractivity contribution in [1.82, 2.24) is 29.9 Å². The van der Waals surface area contributed by atoms with Crippen LogP contribution in [0.25, 0.3) is 22.4 Å². The van der Waals surface area contributed by atoms with Crippen molar-refractivity contribution in [1.29, 1.82) is 0 Å². The number of anilines is 1. The zero-order valence-electron chi connectivity index (χ0n) is 15.4. The first kappa shape index (κ1) is 19.9. The molecule has 1 aromatic carbocycles. The number of fused-ring (bicyclic) bond motifs is 1. The van der Waals surface area contributed by atoms with Crippen molar-refractivity contribution >= 4 is 28.3 Å². The Morgan fingerprint density at radius 1 is 0.933 bits per heavy atom. The lowest BCUT2D eigenvalue weighted by Crippen LogP contribution is -2.13. The van der Waals surface area contributed by atoms with Gasteiger partial charge in [0.1, 0.15) is 17.8 Å². The van der Waals surface area contributed by atoms with E-state index in [4.69, 9.17) is 11.6 Å². The molecule has 0 saturated carbocycles. The van der Waals surface area contributed by atoms with Crippen LogP contribution in [0.15, 0.2) is 49.3 Å². The van der Waals surface area contributed by atoms with Crippen molar-refractivity contribution in [3.63, 3.8) is 0 Å². The second-order valence-electron chi connectivity index (χ2n) is 6.30. The Morgan fingerprint density at radius 3 is 2.40 bits per heavy atom. The normalized spacial score (nSPS) is 12.7. The third kappa shape index (κ3) is 3.86. The van der Waals surface area contributed by atoms with Gasteiger partial charge in [0, 0.05) is 30.2 Å².